The van der Waals surface area contributed by atoms with Gasteiger partial charge in [-0.15, -0.1) is 13.2 Å². The first kappa shape index (κ1) is 44.1. The first-order chi connectivity index (χ1) is 26.3. The van der Waals surface area contributed by atoms with E-state index >= 15 is 0 Å². The third-order valence-electron chi connectivity index (χ3n) is 10.2. The third kappa shape index (κ3) is 13.3. The number of aromatic nitrogens is 2. The van der Waals surface area contributed by atoms with Gasteiger partial charge in [0.2, 0.25) is 11.8 Å². The molecule has 0 radical (unpaired) electrons. The van der Waals surface area contributed by atoms with Gasteiger partial charge in [0.15, 0.2) is 0 Å². The number of benzene rings is 2. The fourth-order valence-electron chi connectivity index (χ4n) is 7.04. The van der Waals surface area contributed by atoms with Crippen molar-refractivity contribution >= 4 is 17.9 Å². The van der Waals surface area contributed by atoms with Crippen LogP contribution in [0.4, 0.5) is 18.0 Å². The van der Waals surface area contributed by atoms with Crippen LogP contribution in [0.5, 0.6) is 5.75 Å². The molecule has 308 valence electrons. The average molecular weight is 786 g/mol. The summed E-state index contributed by atoms with van der Waals surface area (Å²) in [6.45, 7) is 14.3. The normalized spacial score (nSPS) is 16.8. The molecule has 2 heterocycles. The average Bonchev–Trinajstić information content (AvgIpc) is 3.63. The number of carbonyl (C=O) groups is 3. The summed E-state index contributed by atoms with van der Waals surface area (Å²) in [5, 5.41) is 17.6. The van der Waals surface area contributed by atoms with Crippen LogP contribution in [0.25, 0.3) is 0 Å². The number of imidazole rings is 1. The lowest BCUT2D eigenvalue weighted by Crippen LogP contribution is -2.55. The van der Waals surface area contributed by atoms with E-state index < -0.39 is 53.8 Å². The number of carbonyl (C=O) groups excluding carboxylic acids is 3. The maximum atomic E-state index is 14.4. The number of hydrogen-bond acceptors (Lipinski definition) is 7. The smallest absolute Gasteiger partial charge is 0.444 e. The minimum Gasteiger partial charge on any atom is -0.444 e. The van der Waals surface area contributed by atoms with Crippen molar-refractivity contribution in [1.29, 1.82) is 0 Å². The molecular weight excluding hydrogens is 727 g/mol. The Kier molecular flexibility index (Phi) is 15.4. The summed E-state index contributed by atoms with van der Waals surface area (Å²) in [4.78, 5) is 47.6. The minimum absolute atomic E-state index is 0.0234. The second kappa shape index (κ2) is 19.5. The number of alkyl carbamates (subject to hydrolysis) is 1. The molecule has 56 heavy (non-hydrogen) atoms. The van der Waals surface area contributed by atoms with E-state index in [1.807, 2.05) is 56.7 Å². The molecule has 14 heteroatoms. The highest BCUT2D eigenvalue weighted by atomic mass is 19.4. The number of likely N-dealkylation sites (tertiary alicyclic amines) is 1. The van der Waals surface area contributed by atoms with E-state index in [-0.39, 0.29) is 37.1 Å². The quantitative estimate of drug-likeness (QED) is 0.138. The van der Waals surface area contributed by atoms with Crippen LogP contribution >= 0.6 is 0 Å². The summed E-state index contributed by atoms with van der Waals surface area (Å²) in [6, 6.07) is 12.9. The SMILES string of the molecule is CC[C@H](C)[C@H](NC(=O)C(Cc1ccc(OC(F)(F)F)cc1)CC(O)C(Cc1ccccc1)NC(=O)OC(C)(C)C)C(=O)N1CCC(n2cncc2C(C)C)CC1. The molecule has 3 N–H and O–H groups in total. The molecule has 1 saturated heterocycles. The number of amides is 3. The Labute approximate surface area is 328 Å². The Morgan fingerprint density at radius 2 is 1.55 bits per heavy atom. The maximum absolute atomic E-state index is 14.4. The van der Waals surface area contributed by atoms with Crippen molar-refractivity contribution in [3.63, 3.8) is 0 Å². The summed E-state index contributed by atoms with van der Waals surface area (Å²) in [5.74, 6) is -1.97. The van der Waals surface area contributed by atoms with Crippen molar-refractivity contribution < 1.29 is 42.1 Å². The topological polar surface area (TPSA) is 135 Å². The number of nitrogens with one attached hydrogen (secondary N) is 2. The van der Waals surface area contributed by atoms with Gasteiger partial charge in [-0.1, -0.05) is 76.6 Å². The number of aliphatic hydroxyl groups is 1. The highest BCUT2D eigenvalue weighted by Crippen LogP contribution is 2.29. The molecule has 0 bridgehead atoms. The lowest BCUT2D eigenvalue weighted by atomic mass is 9.87. The van der Waals surface area contributed by atoms with E-state index in [0.717, 1.165) is 24.1 Å². The Bertz CT molecular complexity index is 1700. The second-order valence-electron chi connectivity index (χ2n) is 16.1. The number of piperidine rings is 1. The van der Waals surface area contributed by atoms with Gasteiger partial charge in [-0.2, -0.15) is 0 Å². The van der Waals surface area contributed by atoms with Crippen molar-refractivity contribution in [1.82, 2.24) is 25.1 Å². The van der Waals surface area contributed by atoms with Gasteiger partial charge in [0.05, 0.1) is 18.5 Å². The van der Waals surface area contributed by atoms with Crippen molar-refractivity contribution in [2.45, 2.75) is 129 Å². The van der Waals surface area contributed by atoms with Gasteiger partial charge < -0.3 is 34.7 Å². The van der Waals surface area contributed by atoms with Gasteiger partial charge in [-0.3, -0.25) is 9.59 Å². The van der Waals surface area contributed by atoms with Crippen LogP contribution in [0.3, 0.4) is 0 Å². The molecular formula is C42H58F3N5O6. The van der Waals surface area contributed by atoms with Gasteiger partial charge >= 0.3 is 12.5 Å². The monoisotopic (exact) mass is 785 g/mol. The number of rotatable bonds is 16. The van der Waals surface area contributed by atoms with Crippen LogP contribution < -0.4 is 15.4 Å². The number of nitrogens with zero attached hydrogens (tertiary/aromatic N) is 3. The molecule has 1 fully saturated rings. The Morgan fingerprint density at radius 3 is 2.12 bits per heavy atom. The fraction of sp³-hybridized carbons (Fsp3) is 0.571. The highest BCUT2D eigenvalue weighted by molar-refractivity contribution is 5.89. The number of alkyl halides is 3. The van der Waals surface area contributed by atoms with E-state index in [0.29, 0.717) is 31.0 Å². The van der Waals surface area contributed by atoms with Crippen LogP contribution in [0.15, 0.2) is 67.1 Å². The van der Waals surface area contributed by atoms with Gasteiger partial charge in [-0.05, 0) is 88.0 Å². The van der Waals surface area contributed by atoms with Gasteiger partial charge in [-0.25, -0.2) is 9.78 Å². The van der Waals surface area contributed by atoms with Crippen molar-refractivity contribution in [3.8, 4) is 5.75 Å². The molecule has 2 aromatic carbocycles. The number of halogens is 3. The largest absolute Gasteiger partial charge is 0.573 e. The molecule has 1 aliphatic heterocycles. The predicted molar refractivity (Wildman–Crippen MR) is 207 cm³/mol. The van der Waals surface area contributed by atoms with Crippen molar-refractivity contribution in [2.75, 3.05) is 13.1 Å². The maximum Gasteiger partial charge on any atom is 0.573 e. The predicted octanol–water partition coefficient (Wildman–Crippen LogP) is 7.35. The van der Waals surface area contributed by atoms with Crippen molar-refractivity contribution in [3.05, 3.63) is 83.9 Å². The van der Waals surface area contributed by atoms with E-state index in [1.54, 1.807) is 25.7 Å². The zero-order valence-corrected chi connectivity index (χ0v) is 33.5. The molecule has 1 aliphatic rings. The standard InChI is InChI=1S/C42H58F3N5O6/c1-8-28(4)37(39(53)49-20-18-32(19-21-49)50-26-46-25-35(50)27(2)3)48-38(52)31(22-30-14-16-33(17-15-30)55-42(43,44)45)24-36(51)34(23-29-12-10-9-11-13-29)47-40(54)56-41(5,6)7/h9-17,25-28,31-32,34,36-37,51H,8,18-24H2,1-7H3,(H,47,54)(H,48,52)/t28-,31?,34?,36?,37-/m0/s1. The molecule has 5 atom stereocenters. The Morgan fingerprint density at radius 1 is 0.929 bits per heavy atom. The molecule has 0 aliphatic carbocycles. The van der Waals surface area contributed by atoms with Crippen LogP contribution in [-0.4, -0.2) is 80.7 Å². The zero-order chi connectivity index (χ0) is 41.2. The van der Waals surface area contributed by atoms with E-state index in [4.69, 9.17) is 4.74 Å². The first-order valence-corrected chi connectivity index (χ1v) is 19.5. The zero-order valence-electron chi connectivity index (χ0n) is 33.5. The second-order valence-corrected chi connectivity index (χ2v) is 16.1. The Hall–Kier alpha value is -4.59. The lowest BCUT2D eigenvalue weighted by molar-refractivity contribution is -0.274. The number of aliphatic hydroxyl groups excluding tert-OH is 1. The summed E-state index contributed by atoms with van der Waals surface area (Å²) < 4.78 is 50.4. The van der Waals surface area contributed by atoms with Gasteiger partial charge in [0.25, 0.3) is 0 Å². The molecule has 11 nitrogen and oxygen atoms in total. The van der Waals surface area contributed by atoms with Crippen LogP contribution in [0.2, 0.25) is 0 Å². The molecule has 1 aromatic heterocycles. The van der Waals surface area contributed by atoms with E-state index in [2.05, 4.69) is 38.8 Å². The van der Waals surface area contributed by atoms with Crippen LogP contribution in [0, 0.1) is 11.8 Å². The first-order valence-electron chi connectivity index (χ1n) is 19.5. The van der Waals surface area contributed by atoms with Gasteiger partial charge in [0.1, 0.15) is 17.4 Å². The fourth-order valence-corrected chi connectivity index (χ4v) is 7.04. The number of ether oxygens (including phenoxy) is 2. The van der Waals surface area contributed by atoms with E-state index in [9.17, 15) is 32.7 Å². The van der Waals surface area contributed by atoms with E-state index in [1.165, 1.54) is 24.3 Å². The minimum atomic E-state index is -4.87. The number of hydrogen-bond donors (Lipinski definition) is 3. The molecule has 3 unspecified atom stereocenters. The molecule has 0 saturated carbocycles. The highest BCUT2D eigenvalue weighted by Gasteiger charge is 2.36. The van der Waals surface area contributed by atoms with Crippen molar-refractivity contribution in [2.24, 2.45) is 11.8 Å². The lowest BCUT2D eigenvalue weighted by Gasteiger charge is -2.37. The summed E-state index contributed by atoms with van der Waals surface area (Å²) in [7, 11) is 0. The van der Waals surface area contributed by atoms with Gasteiger partial charge in [0, 0.05) is 36.9 Å². The van der Waals surface area contributed by atoms with Crippen LogP contribution in [0.1, 0.15) is 103 Å². The summed E-state index contributed by atoms with van der Waals surface area (Å²) in [5.41, 5.74) is 1.68. The molecule has 3 amide bonds. The Balaban J connectivity index is 1.57. The molecule has 3 aromatic rings. The summed E-state index contributed by atoms with van der Waals surface area (Å²) >= 11 is 0. The van der Waals surface area contributed by atoms with Crippen LogP contribution in [-0.2, 0) is 27.2 Å². The summed E-state index contributed by atoms with van der Waals surface area (Å²) in [6.07, 6.45) is -0.963. The molecule has 4 rings (SSSR count). The third-order valence-corrected chi connectivity index (χ3v) is 10.2. The molecule has 0 spiro atoms.